The van der Waals surface area contributed by atoms with Gasteiger partial charge < -0.3 is 14.7 Å². The van der Waals surface area contributed by atoms with E-state index in [9.17, 15) is 0 Å². The van der Waals surface area contributed by atoms with Gasteiger partial charge in [-0.3, -0.25) is 0 Å². The summed E-state index contributed by atoms with van der Waals surface area (Å²) in [5.74, 6) is 0. The van der Waals surface area contributed by atoms with E-state index < -0.39 is 0 Å². The molecule has 4 aromatic rings. The van der Waals surface area contributed by atoms with Gasteiger partial charge in [0.1, 0.15) is 5.52 Å². The maximum atomic E-state index is 5.59. The van der Waals surface area contributed by atoms with Crippen LogP contribution in [0.15, 0.2) is 53.3 Å². The maximum absolute atomic E-state index is 5.59. The molecule has 23 heavy (non-hydrogen) atoms. The minimum Gasteiger partial charge on any atom is -0.443 e. The fourth-order valence-corrected chi connectivity index (χ4v) is 3.76. The predicted octanol–water partition coefficient (Wildman–Crippen LogP) is 3.74. The molecule has 3 heterocycles. The quantitative estimate of drug-likeness (QED) is 0.593. The number of benzene rings is 2. The van der Waals surface area contributed by atoms with Gasteiger partial charge in [0.2, 0.25) is 0 Å². The number of fused-ring (bicyclic) bond motifs is 4. The van der Waals surface area contributed by atoms with Gasteiger partial charge in [-0.05, 0) is 42.6 Å². The van der Waals surface area contributed by atoms with E-state index >= 15 is 0 Å². The number of H-pyrrole nitrogens is 1. The molecule has 2 aromatic heterocycles. The van der Waals surface area contributed by atoms with Crippen molar-refractivity contribution in [1.29, 1.82) is 0 Å². The number of hydrogen-bond acceptors (Lipinski definition) is 3. The van der Waals surface area contributed by atoms with Crippen molar-refractivity contribution in [2.75, 3.05) is 6.54 Å². The number of para-hydroxylation sites is 2. The highest BCUT2D eigenvalue weighted by Crippen LogP contribution is 2.32. The number of nitrogens with one attached hydrogen (secondary N) is 2. The molecule has 0 bridgehead atoms. The SMILES string of the molecule is c1cc(CC2NCCc3c2[nH]c2ccccc32)c2ocnc2c1. The topological polar surface area (TPSA) is 53.9 Å². The van der Waals surface area contributed by atoms with Crippen molar-refractivity contribution in [3.05, 3.63) is 65.7 Å². The molecule has 1 unspecified atom stereocenters. The number of aromatic nitrogens is 2. The first-order valence-corrected chi connectivity index (χ1v) is 8.04. The molecule has 1 aliphatic heterocycles. The highest BCUT2D eigenvalue weighted by atomic mass is 16.3. The van der Waals surface area contributed by atoms with Gasteiger partial charge in [0.05, 0.1) is 6.04 Å². The Labute approximate surface area is 133 Å². The summed E-state index contributed by atoms with van der Waals surface area (Å²) in [6.45, 7) is 1.01. The van der Waals surface area contributed by atoms with E-state index in [1.807, 2.05) is 6.07 Å². The second-order valence-electron chi connectivity index (χ2n) is 6.14. The third kappa shape index (κ3) is 1.99. The Morgan fingerprint density at radius 3 is 3.09 bits per heavy atom. The Hall–Kier alpha value is -2.59. The van der Waals surface area contributed by atoms with Crippen molar-refractivity contribution >= 4 is 22.0 Å². The standard InChI is InChI=1S/C19H17N3O/c1-2-6-15-13(5-1)14-8-9-20-17(18(14)22-15)10-12-4-3-7-16-19(12)23-11-21-16/h1-7,11,17,20,22H,8-10H2. The molecule has 0 spiro atoms. The number of oxazole rings is 1. The molecule has 0 saturated heterocycles. The smallest absolute Gasteiger partial charge is 0.181 e. The normalized spacial score (nSPS) is 17.7. The second kappa shape index (κ2) is 4.96. The van der Waals surface area contributed by atoms with Crippen molar-refractivity contribution in [1.82, 2.24) is 15.3 Å². The first-order chi connectivity index (χ1) is 11.4. The van der Waals surface area contributed by atoms with Crippen molar-refractivity contribution in [2.45, 2.75) is 18.9 Å². The summed E-state index contributed by atoms with van der Waals surface area (Å²) >= 11 is 0. The monoisotopic (exact) mass is 303 g/mol. The van der Waals surface area contributed by atoms with E-state index in [1.54, 1.807) is 0 Å². The molecule has 114 valence electrons. The average Bonchev–Trinajstić information content (AvgIpc) is 3.20. The Bertz CT molecular complexity index is 998. The minimum absolute atomic E-state index is 0.279. The summed E-state index contributed by atoms with van der Waals surface area (Å²) in [6.07, 6.45) is 3.49. The summed E-state index contributed by atoms with van der Waals surface area (Å²) in [5, 5.41) is 5.00. The Morgan fingerprint density at radius 2 is 2.09 bits per heavy atom. The van der Waals surface area contributed by atoms with E-state index in [0.29, 0.717) is 0 Å². The Kier molecular flexibility index (Phi) is 2.78. The van der Waals surface area contributed by atoms with Crippen molar-refractivity contribution in [2.24, 2.45) is 0 Å². The molecule has 0 fully saturated rings. The lowest BCUT2D eigenvalue weighted by Gasteiger charge is -2.24. The molecule has 1 atom stereocenters. The number of hydrogen-bond donors (Lipinski definition) is 2. The van der Waals surface area contributed by atoms with Gasteiger partial charge in [0.15, 0.2) is 12.0 Å². The summed E-state index contributed by atoms with van der Waals surface area (Å²) in [4.78, 5) is 7.88. The van der Waals surface area contributed by atoms with Crippen LogP contribution in [-0.4, -0.2) is 16.5 Å². The van der Waals surface area contributed by atoms with Crippen LogP contribution in [0.2, 0.25) is 0 Å². The van der Waals surface area contributed by atoms with Crippen LogP contribution in [-0.2, 0) is 12.8 Å². The molecular formula is C19H17N3O. The molecule has 0 aliphatic carbocycles. The highest BCUT2D eigenvalue weighted by molar-refractivity contribution is 5.85. The molecule has 0 radical (unpaired) electrons. The molecule has 4 heteroatoms. The van der Waals surface area contributed by atoms with Crippen molar-refractivity contribution < 1.29 is 4.42 Å². The summed E-state index contributed by atoms with van der Waals surface area (Å²) in [7, 11) is 0. The van der Waals surface area contributed by atoms with Crippen molar-refractivity contribution in [3.63, 3.8) is 0 Å². The lowest BCUT2D eigenvalue weighted by atomic mass is 9.94. The maximum Gasteiger partial charge on any atom is 0.181 e. The summed E-state index contributed by atoms with van der Waals surface area (Å²) in [6, 6.07) is 15.0. The zero-order valence-electron chi connectivity index (χ0n) is 12.7. The molecule has 5 rings (SSSR count). The number of rotatable bonds is 2. The van der Waals surface area contributed by atoms with Gasteiger partial charge in [-0.25, -0.2) is 4.98 Å². The van der Waals surface area contributed by atoms with Crippen LogP contribution < -0.4 is 5.32 Å². The lowest BCUT2D eigenvalue weighted by Crippen LogP contribution is -2.31. The van der Waals surface area contributed by atoms with Crippen molar-refractivity contribution in [3.8, 4) is 0 Å². The van der Waals surface area contributed by atoms with Crippen LogP contribution in [0.5, 0.6) is 0 Å². The van der Waals surface area contributed by atoms with Crippen LogP contribution >= 0.6 is 0 Å². The fraction of sp³-hybridized carbons (Fsp3) is 0.211. The van der Waals surface area contributed by atoms with Gasteiger partial charge in [0.25, 0.3) is 0 Å². The van der Waals surface area contributed by atoms with Gasteiger partial charge >= 0.3 is 0 Å². The fourth-order valence-electron chi connectivity index (χ4n) is 3.76. The van der Waals surface area contributed by atoms with Crippen LogP contribution in [0.4, 0.5) is 0 Å². The van der Waals surface area contributed by atoms with E-state index in [4.69, 9.17) is 4.42 Å². The largest absolute Gasteiger partial charge is 0.443 e. The molecule has 2 aromatic carbocycles. The third-order valence-electron chi connectivity index (χ3n) is 4.82. The van der Waals surface area contributed by atoms with Crippen LogP contribution in [0.1, 0.15) is 22.9 Å². The molecule has 4 nitrogen and oxygen atoms in total. The first kappa shape index (κ1) is 12.9. The van der Waals surface area contributed by atoms with Gasteiger partial charge in [-0.15, -0.1) is 0 Å². The third-order valence-corrected chi connectivity index (χ3v) is 4.82. The van der Waals surface area contributed by atoms with E-state index in [0.717, 1.165) is 30.5 Å². The molecule has 1 aliphatic rings. The molecule has 2 N–H and O–H groups in total. The van der Waals surface area contributed by atoms with Gasteiger partial charge in [-0.1, -0.05) is 30.3 Å². The van der Waals surface area contributed by atoms with E-state index in [1.165, 1.54) is 34.1 Å². The zero-order valence-corrected chi connectivity index (χ0v) is 12.7. The Morgan fingerprint density at radius 1 is 1.13 bits per heavy atom. The van der Waals surface area contributed by atoms with Gasteiger partial charge in [-0.2, -0.15) is 0 Å². The van der Waals surface area contributed by atoms with Gasteiger partial charge in [0, 0.05) is 16.6 Å². The van der Waals surface area contributed by atoms with Crippen LogP contribution in [0.25, 0.3) is 22.0 Å². The number of aromatic amines is 1. The first-order valence-electron chi connectivity index (χ1n) is 8.04. The van der Waals surface area contributed by atoms with Crippen LogP contribution in [0, 0.1) is 0 Å². The van der Waals surface area contributed by atoms with Crippen LogP contribution in [0.3, 0.4) is 0 Å². The number of nitrogens with zero attached hydrogens (tertiary/aromatic N) is 1. The molecular weight excluding hydrogens is 286 g/mol. The average molecular weight is 303 g/mol. The summed E-state index contributed by atoms with van der Waals surface area (Å²) < 4.78 is 5.59. The molecule has 0 amide bonds. The Balaban J connectivity index is 1.59. The summed E-state index contributed by atoms with van der Waals surface area (Å²) in [5.41, 5.74) is 7.02. The minimum atomic E-state index is 0.279. The van der Waals surface area contributed by atoms with E-state index in [2.05, 4.69) is 51.7 Å². The molecule has 0 saturated carbocycles. The second-order valence-corrected chi connectivity index (χ2v) is 6.14. The predicted molar refractivity (Wildman–Crippen MR) is 90.5 cm³/mol. The lowest BCUT2D eigenvalue weighted by molar-refractivity contribution is 0.492. The highest BCUT2D eigenvalue weighted by Gasteiger charge is 2.24. The van der Waals surface area contributed by atoms with E-state index in [-0.39, 0.29) is 6.04 Å². The zero-order chi connectivity index (χ0) is 15.2.